The Morgan fingerprint density at radius 1 is 0.968 bits per heavy atom. The lowest BCUT2D eigenvalue weighted by molar-refractivity contribution is -0.120. The molecular weight excluding hydrogens is 380 g/mol. The van der Waals surface area contributed by atoms with Crippen LogP contribution in [-0.2, 0) is 9.59 Å². The number of hydrogen-bond acceptors (Lipinski definition) is 2. The molecule has 0 aromatic heterocycles. The third-order valence-electron chi connectivity index (χ3n) is 6.44. The van der Waals surface area contributed by atoms with E-state index in [0.717, 1.165) is 37.7 Å². The van der Waals surface area contributed by atoms with Gasteiger partial charge in [-0.3, -0.25) is 9.59 Å². The summed E-state index contributed by atoms with van der Waals surface area (Å²) in [6.45, 7) is 13.4. The van der Waals surface area contributed by atoms with Crippen molar-refractivity contribution in [1.82, 2.24) is 0 Å². The highest BCUT2D eigenvalue weighted by Gasteiger charge is 2.21. The van der Waals surface area contributed by atoms with Crippen LogP contribution in [-0.4, -0.2) is 11.6 Å². The van der Waals surface area contributed by atoms with Crippen molar-refractivity contribution in [3.05, 3.63) is 36.0 Å². The van der Waals surface area contributed by atoms with Crippen LogP contribution in [0.1, 0.15) is 118 Å². The molecule has 1 aliphatic carbocycles. The van der Waals surface area contributed by atoms with E-state index >= 15 is 0 Å². The third-order valence-corrected chi connectivity index (χ3v) is 6.44. The molecule has 31 heavy (non-hydrogen) atoms. The van der Waals surface area contributed by atoms with Gasteiger partial charge < -0.3 is 0 Å². The minimum atomic E-state index is 0.144. The second-order valence-corrected chi connectivity index (χ2v) is 10.2. The van der Waals surface area contributed by atoms with Crippen LogP contribution in [0.5, 0.6) is 0 Å². The summed E-state index contributed by atoms with van der Waals surface area (Å²) in [5, 5.41) is 0. The Bertz CT molecular complexity index is 608. The second kappa shape index (κ2) is 16.2. The largest absolute Gasteiger partial charge is 0.300 e. The Balaban J connectivity index is 2.50. The van der Waals surface area contributed by atoms with Gasteiger partial charge >= 0.3 is 0 Å². The molecule has 0 saturated heterocycles. The molecule has 0 aromatic carbocycles. The van der Waals surface area contributed by atoms with Gasteiger partial charge in [-0.2, -0.15) is 0 Å². The lowest BCUT2D eigenvalue weighted by Crippen LogP contribution is -2.15. The maximum atomic E-state index is 12.7. The van der Waals surface area contributed by atoms with E-state index in [9.17, 15) is 9.59 Å². The Hall–Kier alpha value is -1.44. The van der Waals surface area contributed by atoms with Gasteiger partial charge in [0.05, 0.1) is 0 Å². The average molecular weight is 429 g/mol. The quantitative estimate of drug-likeness (QED) is 0.152. The maximum Gasteiger partial charge on any atom is 0.159 e. The van der Waals surface area contributed by atoms with Gasteiger partial charge in [-0.25, -0.2) is 0 Å². The highest BCUT2D eigenvalue weighted by atomic mass is 16.1. The number of carbonyl (C=O) groups is 2. The number of Topliss-reactive ketones (excluding diaryl/α,β-unsaturated/α-hetero) is 2. The summed E-state index contributed by atoms with van der Waals surface area (Å²) in [4.78, 5) is 25.2. The van der Waals surface area contributed by atoms with Gasteiger partial charge in [-0.1, -0.05) is 96.6 Å². The van der Waals surface area contributed by atoms with Crippen LogP contribution < -0.4 is 0 Å². The maximum absolute atomic E-state index is 12.7. The Morgan fingerprint density at radius 3 is 2.26 bits per heavy atom. The molecule has 1 aliphatic rings. The van der Waals surface area contributed by atoms with Crippen molar-refractivity contribution in [1.29, 1.82) is 0 Å². The molecule has 0 aliphatic heterocycles. The predicted octanol–water partition coefficient (Wildman–Crippen LogP) is 8.57. The van der Waals surface area contributed by atoms with Gasteiger partial charge in [0.1, 0.15) is 5.78 Å². The molecule has 0 amide bonds. The van der Waals surface area contributed by atoms with Crippen LogP contribution in [0, 0.1) is 17.8 Å². The summed E-state index contributed by atoms with van der Waals surface area (Å²) >= 11 is 0. The molecule has 0 N–H and O–H groups in total. The van der Waals surface area contributed by atoms with Crippen molar-refractivity contribution in [3.63, 3.8) is 0 Å². The molecule has 2 nitrogen and oxygen atoms in total. The molecule has 0 spiro atoms. The van der Waals surface area contributed by atoms with Gasteiger partial charge in [-0.15, -0.1) is 0 Å². The predicted molar refractivity (Wildman–Crippen MR) is 134 cm³/mol. The summed E-state index contributed by atoms with van der Waals surface area (Å²) in [5.41, 5.74) is 2.08. The lowest BCUT2D eigenvalue weighted by atomic mass is 9.82. The SMILES string of the molecule is C=C(CC(C)CC(C)C)C(CCC(=O)C1=CC=CC1)CC(=O)CCCCCCCCC. The first kappa shape index (κ1) is 27.6. The fourth-order valence-corrected chi connectivity index (χ4v) is 4.73. The minimum Gasteiger partial charge on any atom is -0.300 e. The summed E-state index contributed by atoms with van der Waals surface area (Å²) in [7, 11) is 0. The average Bonchev–Trinajstić information content (AvgIpc) is 3.24. The van der Waals surface area contributed by atoms with Gasteiger partial charge in [0.2, 0.25) is 0 Å². The van der Waals surface area contributed by atoms with Gasteiger partial charge in [0.25, 0.3) is 0 Å². The van der Waals surface area contributed by atoms with E-state index in [1.165, 1.54) is 44.1 Å². The molecule has 1 rings (SSSR count). The highest BCUT2D eigenvalue weighted by molar-refractivity contribution is 5.96. The number of rotatable bonds is 19. The normalized spacial score (nSPS) is 15.2. The molecule has 2 unspecified atom stereocenters. The lowest BCUT2D eigenvalue weighted by Gasteiger charge is -2.23. The molecule has 176 valence electrons. The first-order chi connectivity index (χ1) is 14.8. The van der Waals surface area contributed by atoms with Crippen molar-refractivity contribution >= 4 is 11.6 Å². The number of ketones is 2. The monoisotopic (exact) mass is 428 g/mol. The Kier molecular flexibility index (Phi) is 14.4. The van der Waals surface area contributed by atoms with Crippen LogP contribution in [0.4, 0.5) is 0 Å². The molecule has 0 saturated carbocycles. The van der Waals surface area contributed by atoms with Crippen LogP contribution in [0.25, 0.3) is 0 Å². The molecule has 2 atom stereocenters. The summed E-state index contributed by atoms with van der Waals surface area (Å²) in [6, 6.07) is 0. The van der Waals surface area contributed by atoms with E-state index in [0.29, 0.717) is 36.9 Å². The molecule has 0 fully saturated rings. The summed E-state index contributed by atoms with van der Waals surface area (Å²) < 4.78 is 0. The second-order valence-electron chi connectivity index (χ2n) is 10.2. The standard InChI is InChI=1S/C29H48O2/c1-6-7-8-9-10-11-12-17-28(30)22-27(25(5)21-24(4)20-23(2)3)18-19-29(31)26-15-13-14-16-26/h13-15,23-24,27H,5-12,16-22H2,1-4H3. The number of unbranched alkanes of at least 4 members (excludes halogenated alkanes) is 6. The topological polar surface area (TPSA) is 34.1 Å². The van der Waals surface area contributed by atoms with Crippen LogP contribution in [0.2, 0.25) is 0 Å². The van der Waals surface area contributed by atoms with Crippen LogP contribution in [0.15, 0.2) is 36.0 Å². The van der Waals surface area contributed by atoms with Crippen molar-refractivity contribution in [3.8, 4) is 0 Å². The molecule has 0 bridgehead atoms. The highest BCUT2D eigenvalue weighted by Crippen LogP contribution is 2.30. The van der Waals surface area contributed by atoms with Crippen molar-refractivity contribution in [2.45, 2.75) is 118 Å². The van der Waals surface area contributed by atoms with Gasteiger partial charge in [0, 0.05) is 19.3 Å². The molecule has 0 radical (unpaired) electrons. The zero-order chi connectivity index (χ0) is 23.1. The van der Waals surface area contributed by atoms with Crippen LogP contribution >= 0.6 is 0 Å². The van der Waals surface area contributed by atoms with Crippen molar-refractivity contribution in [2.24, 2.45) is 17.8 Å². The first-order valence-electron chi connectivity index (χ1n) is 12.9. The molecule has 2 heteroatoms. The van der Waals surface area contributed by atoms with Crippen LogP contribution in [0.3, 0.4) is 0 Å². The fourth-order valence-electron chi connectivity index (χ4n) is 4.73. The zero-order valence-electron chi connectivity index (χ0n) is 20.9. The minimum absolute atomic E-state index is 0.144. The molecule has 0 aromatic rings. The molecular formula is C29H48O2. The first-order valence-corrected chi connectivity index (χ1v) is 12.9. The Morgan fingerprint density at radius 2 is 1.65 bits per heavy atom. The number of hydrogen-bond donors (Lipinski definition) is 0. The van der Waals surface area contributed by atoms with E-state index < -0.39 is 0 Å². The smallest absolute Gasteiger partial charge is 0.159 e. The van der Waals surface area contributed by atoms with E-state index in [2.05, 4.69) is 34.3 Å². The fraction of sp³-hybridized carbons (Fsp3) is 0.724. The zero-order valence-corrected chi connectivity index (χ0v) is 20.9. The number of allylic oxidation sites excluding steroid dienone is 5. The van der Waals surface area contributed by atoms with E-state index in [1.807, 2.05) is 18.2 Å². The van der Waals surface area contributed by atoms with E-state index in [4.69, 9.17) is 0 Å². The van der Waals surface area contributed by atoms with E-state index in [-0.39, 0.29) is 11.7 Å². The molecule has 0 heterocycles. The van der Waals surface area contributed by atoms with Crippen molar-refractivity contribution in [2.75, 3.05) is 0 Å². The summed E-state index contributed by atoms with van der Waals surface area (Å²) in [5.74, 6) is 1.97. The summed E-state index contributed by atoms with van der Waals surface area (Å²) in [6.07, 6.45) is 20.0. The van der Waals surface area contributed by atoms with E-state index in [1.54, 1.807) is 0 Å². The number of carbonyl (C=O) groups excluding carboxylic acids is 2. The third kappa shape index (κ3) is 12.9. The van der Waals surface area contributed by atoms with Gasteiger partial charge in [0.15, 0.2) is 5.78 Å². The Labute approximate surface area is 192 Å². The van der Waals surface area contributed by atoms with Gasteiger partial charge in [-0.05, 0) is 55.4 Å². The van der Waals surface area contributed by atoms with Crippen molar-refractivity contribution < 1.29 is 9.59 Å².